The van der Waals surface area contributed by atoms with Gasteiger partial charge in [-0.15, -0.1) is 0 Å². The molecule has 0 fully saturated rings. The van der Waals surface area contributed by atoms with Gasteiger partial charge in [0.25, 0.3) is 5.91 Å². The van der Waals surface area contributed by atoms with Crippen LogP contribution in [0.15, 0.2) is 36.7 Å². The first-order chi connectivity index (χ1) is 14.9. The van der Waals surface area contributed by atoms with E-state index in [0.29, 0.717) is 35.7 Å². The van der Waals surface area contributed by atoms with Gasteiger partial charge in [0.1, 0.15) is 11.4 Å². The van der Waals surface area contributed by atoms with E-state index in [1.54, 1.807) is 6.07 Å². The molecule has 3 heterocycles. The van der Waals surface area contributed by atoms with E-state index in [1.807, 2.05) is 0 Å². The maximum atomic E-state index is 13.0. The standard InChI is InChI=1S/C20H15F6N5O/c1-31-15(8-17(30-31)20(24,25)26)18(32)29-14-3-2-13-12(14)6-11(9-28-13)10-4-5-27-16(7-10)19(21,22)23/h4-9,14H,2-3H2,1H3,(H,29,32). The summed E-state index contributed by atoms with van der Waals surface area (Å²) in [6, 6.07) is 4.05. The highest BCUT2D eigenvalue weighted by Gasteiger charge is 2.36. The van der Waals surface area contributed by atoms with Crippen molar-refractivity contribution in [2.75, 3.05) is 0 Å². The first-order valence-corrected chi connectivity index (χ1v) is 9.38. The number of nitrogens with one attached hydrogen (secondary N) is 1. The summed E-state index contributed by atoms with van der Waals surface area (Å²) in [7, 11) is 1.23. The largest absolute Gasteiger partial charge is 0.435 e. The summed E-state index contributed by atoms with van der Waals surface area (Å²) in [5.41, 5.74) is -0.585. The number of aryl methyl sites for hydroxylation is 2. The summed E-state index contributed by atoms with van der Waals surface area (Å²) in [5, 5.41) is 6.00. The topological polar surface area (TPSA) is 72.7 Å². The molecule has 1 amide bonds. The van der Waals surface area contributed by atoms with Gasteiger partial charge in [-0.1, -0.05) is 0 Å². The van der Waals surface area contributed by atoms with Gasteiger partial charge in [0.15, 0.2) is 5.69 Å². The monoisotopic (exact) mass is 455 g/mol. The Bertz CT molecular complexity index is 1180. The van der Waals surface area contributed by atoms with Crippen LogP contribution in [0.25, 0.3) is 11.1 Å². The van der Waals surface area contributed by atoms with Crippen LogP contribution in [-0.4, -0.2) is 25.7 Å². The Morgan fingerprint density at radius 2 is 1.75 bits per heavy atom. The van der Waals surface area contributed by atoms with Crippen molar-refractivity contribution in [3.63, 3.8) is 0 Å². The zero-order chi connectivity index (χ0) is 23.3. The highest BCUT2D eigenvalue weighted by atomic mass is 19.4. The molecule has 0 aromatic carbocycles. The second-order valence-electron chi connectivity index (χ2n) is 7.29. The number of alkyl halides is 6. The molecule has 1 atom stereocenters. The fraction of sp³-hybridized carbons (Fsp3) is 0.300. The van der Waals surface area contributed by atoms with Crippen LogP contribution < -0.4 is 5.32 Å². The first kappa shape index (κ1) is 21.8. The van der Waals surface area contributed by atoms with Gasteiger partial charge >= 0.3 is 12.4 Å². The third-order valence-corrected chi connectivity index (χ3v) is 5.14. The summed E-state index contributed by atoms with van der Waals surface area (Å²) in [5.74, 6) is -0.748. The Balaban J connectivity index is 1.60. The van der Waals surface area contributed by atoms with Crippen LogP contribution in [0.5, 0.6) is 0 Å². The molecule has 0 bridgehead atoms. The maximum absolute atomic E-state index is 13.0. The Hall–Kier alpha value is -3.44. The van der Waals surface area contributed by atoms with Crippen molar-refractivity contribution in [2.24, 2.45) is 7.05 Å². The second-order valence-corrected chi connectivity index (χ2v) is 7.29. The molecule has 1 aliphatic rings. The Labute approximate surface area is 177 Å². The lowest BCUT2D eigenvalue weighted by Gasteiger charge is -2.15. The van der Waals surface area contributed by atoms with Crippen LogP contribution in [0, 0.1) is 0 Å². The predicted molar refractivity (Wildman–Crippen MR) is 99.2 cm³/mol. The molecule has 3 aromatic heterocycles. The minimum Gasteiger partial charge on any atom is -0.344 e. The minimum atomic E-state index is -4.69. The number of amides is 1. The molecule has 1 unspecified atom stereocenters. The van der Waals surface area contributed by atoms with Crippen LogP contribution in [0.3, 0.4) is 0 Å². The van der Waals surface area contributed by atoms with Crippen LogP contribution >= 0.6 is 0 Å². The highest BCUT2D eigenvalue weighted by Crippen LogP contribution is 2.35. The van der Waals surface area contributed by atoms with Crippen molar-refractivity contribution in [1.29, 1.82) is 0 Å². The molecule has 4 rings (SSSR count). The van der Waals surface area contributed by atoms with Gasteiger partial charge in [0.05, 0.1) is 6.04 Å². The van der Waals surface area contributed by atoms with E-state index in [1.165, 1.54) is 19.3 Å². The van der Waals surface area contributed by atoms with Crippen LogP contribution in [-0.2, 0) is 25.8 Å². The van der Waals surface area contributed by atoms with Gasteiger partial charge in [-0.25, -0.2) is 0 Å². The third-order valence-electron chi connectivity index (χ3n) is 5.14. The van der Waals surface area contributed by atoms with Crippen molar-refractivity contribution in [1.82, 2.24) is 25.1 Å². The lowest BCUT2D eigenvalue weighted by molar-refractivity contribution is -0.142. The molecule has 1 N–H and O–H groups in total. The minimum absolute atomic E-state index is 0.251. The number of pyridine rings is 2. The van der Waals surface area contributed by atoms with Gasteiger partial charge in [-0.3, -0.25) is 19.4 Å². The number of hydrogen-bond donors (Lipinski definition) is 1. The van der Waals surface area contributed by atoms with E-state index >= 15 is 0 Å². The van der Waals surface area contributed by atoms with E-state index in [4.69, 9.17) is 0 Å². The molecule has 6 nitrogen and oxygen atoms in total. The summed E-state index contributed by atoms with van der Waals surface area (Å²) < 4.78 is 78.4. The molecular weight excluding hydrogens is 440 g/mol. The maximum Gasteiger partial charge on any atom is 0.435 e. The van der Waals surface area contributed by atoms with Gasteiger partial charge in [-0.2, -0.15) is 31.4 Å². The van der Waals surface area contributed by atoms with Gasteiger partial charge in [0, 0.05) is 36.8 Å². The van der Waals surface area contributed by atoms with Crippen molar-refractivity contribution >= 4 is 5.91 Å². The zero-order valence-electron chi connectivity index (χ0n) is 16.4. The van der Waals surface area contributed by atoms with Gasteiger partial charge in [0.2, 0.25) is 0 Å². The van der Waals surface area contributed by atoms with Crippen LogP contribution in [0.1, 0.15) is 45.6 Å². The molecule has 32 heavy (non-hydrogen) atoms. The summed E-state index contributed by atoms with van der Waals surface area (Å²) >= 11 is 0. The number of halogens is 6. The molecule has 168 valence electrons. The zero-order valence-corrected chi connectivity index (χ0v) is 16.4. The normalized spacial score (nSPS) is 16.2. The van der Waals surface area contributed by atoms with Crippen molar-refractivity contribution < 1.29 is 31.1 Å². The molecule has 0 spiro atoms. The lowest BCUT2D eigenvalue weighted by Crippen LogP contribution is -2.28. The molecule has 0 aliphatic heterocycles. The average Bonchev–Trinajstić information content (AvgIpc) is 3.30. The van der Waals surface area contributed by atoms with Crippen molar-refractivity contribution in [3.8, 4) is 11.1 Å². The molecule has 3 aromatic rings. The molecule has 1 aliphatic carbocycles. The van der Waals surface area contributed by atoms with E-state index in [0.717, 1.165) is 16.9 Å². The Morgan fingerprint density at radius 3 is 2.41 bits per heavy atom. The molecule has 12 heteroatoms. The summed E-state index contributed by atoms with van der Waals surface area (Å²) in [4.78, 5) is 20.2. The van der Waals surface area contributed by atoms with E-state index in [9.17, 15) is 31.1 Å². The van der Waals surface area contributed by atoms with Gasteiger partial charge < -0.3 is 5.32 Å². The highest BCUT2D eigenvalue weighted by molar-refractivity contribution is 5.93. The third kappa shape index (κ3) is 4.16. The number of carbonyl (C=O) groups is 1. The molecular formula is C20H15F6N5O. The lowest BCUT2D eigenvalue weighted by atomic mass is 10.0. The second kappa shape index (κ2) is 7.61. The first-order valence-electron chi connectivity index (χ1n) is 9.38. The quantitative estimate of drug-likeness (QED) is 0.597. The number of aromatic nitrogens is 4. The number of carbonyl (C=O) groups excluding carboxylic acids is 1. The van der Waals surface area contributed by atoms with Crippen molar-refractivity contribution in [3.05, 3.63) is 65.0 Å². The number of fused-ring (bicyclic) bond motifs is 1. The van der Waals surface area contributed by atoms with E-state index in [-0.39, 0.29) is 11.3 Å². The number of hydrogen-bond acceptors (Lipinski definition) is 4. The smallest absolute Gasteiger partial charge is 0.344 e. The fourth-order valence-electron chi connectivity index (χ4n) is 3.58. The van der Waals surface area contributed by atoms with Crippen LogP contribution in [0.4, 0.5) is 26.3 Å². The van der Waals surface area contributed by atoms with E-state index < -0.39 is 35.7 Å². The summed E-state index contributed by atoms with van der Waals surface area (Å²) in [6.07, 6.45) is -5.85. The SMILES string of the molecule is Cn1nc(C(F)(F)F)cc1C(=O)NC1CCc2ncc(-c3ccnc(C(F)(F)F)c3)cc21. The number of nitrogens with zero attached hydrogens (tertiary/aromatic N) is 4. The van der Waals surface area contributed by atoms with E-state index in [2.05, 4.69) is 20.4 Å². The number of rotatable bonds is 3. The predicted octanol–water partition coefficient (Wildman–Crippen LogP) is 4.33. The fourth-order valence-corrected chi connectivity index (χ4v) is 3.58. The molecule has 0 radical (unpaired) electrons. The summed E-state index contributed by atoms with van der Waals surface area (Å²) in [6.45, 7) is 0. The van der Waals surface area contributed by atoms with Crippen LogP contribution in [0.2, 0.25) is 0 Å². The Morgan fingerprint density at radius 1 is 1.03 bits per heavy atom. The Kier molecular flexibility index (Phi) is 5.18. The van der Waals surface area contributed by atoms with Crippen molar-refractivity contribution in [2.45, 2.75) is 31.2 Å². The average molecular weight is 455 g/mol. The molecule has 0 saturated heterocycles. The van der Waals surface area contributed by atoms with Gasteiger partial charge in [-0.05, 0) is 42.2 Å². The molecule has 0 saturated carbocycles.